The van der Waals surface area contributed by atoms with Gasteiger partial charge in [-0.15, -0.1) is 11.3 Å². The van der Waals surface area contributed by atoms with Gasteiger partial charge in [0.25, 0.3) is 5.56 Å². The minimum absolute atomic E-state index is 0.00684. The van der Waals surface area contributed by atoms with Gasteiger partial charge in [0, 0.05) is 30.1 Å². The van der Waals surface area contributed by atoms with Crippen LogP contribution in [0.5, 0.6) is 0 Å². The summed E-state index contributed by atoms with van der Waals surface area (Å²) in [5.41, 5.74) is 2.63. The number of para-hydroxylation sites is 2. The Hall–Kier alpha value is -2.51. The van der Waals surface area contributed by atoms with Crippen molar-refractivity contribution in [3.05, 3.63) is 63.8 Å². The third-order valence-corrected chi connectivity index (χ3v) is 5.75. The van der Waals surface area contributed by atoms with E-state index in [4.69, 9.17) is 4.42 Å². The van der Waals surface area contributed by atoms with Crippen LogP contribution in [0.25, 0.3) is 16.1 Å². The Kier molecular flexibility index (Phi) is 3.83. The van der Waals surface area contributed by atoms with E-state index < -0.39 is 0 Å². The number of nitrogens with zero attached hydrogens (tertiary/aromatic N) is 4. The Morgan fingerprint density at radius 1 is 1.19 bits per heavy atom. The van der Waals surface area contributed by atoms with Gasteiger partial charge in [-0.1, -0.05) is 12.1 Å². The number of likely N-dealkylation sites (tertiary alicyclic amines) is 1. The van der Waals surface area contributed by atoms with E-state index in [0.717, 1.165) is 53.6 Å². The smallest absolute Gasteiger partial charge is 0.258 e. The highest BCUT2D eigenvalue weighted by molar-refractivity contribution is 7.15. The van der Waals surface area contributed by atoms with Crippen molar-refractivity contribution in [1.82, 2.24) is 19.3 Å². The summed E-state index contributed by atoms with van der Waals surface area (Å²) in [4.78, 5) is 24.5. The van der Waals surface area contributed by atoms with Gasteiger partial charge in [0.1, 0.15) is 5.52 Å². The number of fused-ring (bicyclic) bond motifs is 2. The van der Waals surface area contributed by atoms with Crippen LogP contribution in [0.15, 0.2) is 51.1 Å². The monoisotopic (exact) mass is 366 g/mol. The van der Waals surface area contributed by atoms with E-state index in [-0.39, 0.29) is 5.56 Å². The summed E-state index contributed by atoms with van der Waals surface area (Å²) in [6, 6.07) is 9.55. The van der Waals surface area contributed by atoms with Crippen molar-refractivity contribution in [3.63, 3.8) is 0 Å². The molecule has 4 aromatic rings. The molecule has 1 aromatic carbocycles. The molecule has 0 radical (unpaired) electrons. The molecule has 0 N–H and O–H groups in total. The Morgan fingerprint density at radius 2 is 2.04 bits per heavy atom. The molecule has 0 unspecified atom stereocenters. The van der Waals surface area contributed by atoms with Gasteiger partial charge < -0.3 is 4.42 Å². The third-order valence-electron chi connectivity index (χ3n) is 4.99. The summed E-state index contributed by atoms with van der Waals surface area (Å²) in [7, 11) is 0. The van der Waals surface area contributed by atoms with Crippen LogP contribution in [0, 0.1) is 0 Å². The second-order valence-corrected chi connectivity index (χ2v) is 7.58. The van der Waals surface area contributed by atoms with Crippen LogP contribution in [0.1, 0.15) is 30.3 Å². The fraction of sp³-hybridized carbons (Fsp3) is 0.316. The number of oxazole rings is 1. The molecule has 1 fully saturated rings. The Balaban J connectivity index is 1.28. The first-order valence-corrected chi connectivity index (χ1v) is 9.68. The van der Waals surface area contributed by atoms with E-state index in [1.54, 1.807) is 16.7 Å². The van der Waals surface area contributed by atoms with Gasteiger partial charge in [-0.3, -0.25) is 14.1 Å². The van der Waals surface area contributed by atoms with Crippen LogP contribution in [-0.4, -0.2) is 32.4 Å². The lowest BCUT2D eigenvalue weighted by Gasteiger charge is -2.30. The minimum Gasteiger partial charge on any atom is -0.440 e. The molecule has 4 heterocycles. The number of piperidine rings is 1. The van der Waals surface area contributed by atoms with Crippen LogP contribution in [-0.2, 0) is 6.54 Å². The van der Waals surface area contributed by atoms with Gasteiger partial charge in [-0.05, 0) is 38.1 Å². The van der Waals surface area contributed by atoms with Crippen molar-refractivity contribution in [3.8, 4) is 0 Å². The highest BCUT2D eigenvalue weighted by atomic mass is 32.1. The summed E-state index contributed by atoms with van der Waals surface area (Å²) in [5, 5.41) is 1.89. The van der Waals surface area contributed by atoms with Gasteiger partial charge in [0.2, 0.25) is 0 Å². The molecule has 132 valence electrons. The average molecular weight is 366 g/mol. The van der Waals surface area contributed by atoms with Crippen molar-refractivity contribution < 1.29 is 4.42 Å². The fourth-order valence-electron chi connectivity index (χ4n) is 3.60. The molecule has 3 aromatic heterocycles. The molecule has 5 rings (SSSR count). The molecular weight excluding hydrogens is 348 g/mol. The molecule has 0 bridgehead atoms. The molecule has 0 amide bonds. The molecule has 7 heteroatoms. The van der Waals surface area contributed by atoms with Crippen molar-refractivity contribution in [2.45, 2.75) is 25.3 Å². The topological polar surface area (TPSA) is 63.6 Å². The number of rotatable bonds is 3. The summed E-state index contributed by atoms with van der Waals surface area (Å²) in [5.74, 6) is 1.21. The normalized spacial score (nSPS) is 16.6. The standard InChI is InChI=1S/C19H18N4O2S/c24-17-11-14(20-19-23(17)9-10-26-19)12-22-7-5-13(6-8-22)18-21-15-3-1-2-4-16(15)25-18/h1-4,9-11,13H,5-8,12H2. The van der Waals surface area contributed by atoms with Gasteiger partial charge in [0.05, 0.1) is 5.69 Å². The maximum Gasteiger partial charge on any atom is 0.258 e. The van der Waals surface area contributed by atoms with Crippen molar-refractivity contribution in [2.24, 2.45) is 0 Å². The lowest BCUT2D eigenvalue weighted by atomic mass is 9.96. The maximum atomic E-state index is 12.1. The van der Waals surface area contributed by atoms with Crippen molar-refractivity contribution in [2.75, 3.05) is 13.1 Å². The van der Waals surface area contributed by atoms with E-state index in [0.29, 0.717) is 12.5 Å². The molecule has 0 saturated carbocycles. The molecule has 1 aliphatic rings. The SMILES string of the molecule is O=c1cc(CN2CCC(c3nc4ccccc4o3)CC2)nc2sccn12. The number of thiazole rings is 1. The van der Waals surface area contributed by atoms with E-state index in [9.17, 15) is 4.79 Å². The second kappa shape index (κ2) is 6.34. The first-order valence-electron chi connectivity index (χ1n) is 8.80. The summed E-state index contributed by atoms with van der Waals surface area (Å²) in [6.45, 7) is 2.62. The fourth-order valence-corrected chi connectivity index (χ4v) is 4.34. The van der Waals surface area contributed by atoms with E-state index in [1.807, 2.05) is 29.6 Å². The van der Waals surface area contributed by atoms with Gasteiger partial charge in [-0.25, -0.2) is 9.97 Å². The van der Waals surface area contributed by atoms with Crippen LogP contribution in [0.2, 0.25) is 0 Å². The lowest BCUT2D eigenvalue weighted by Crippen LogP contribution is -2.33. The molecule has 0 aliphatic carbocycles. The minimum atomic E-state index is -0.00684. The first-order chi connectivity index (χ1) is 12.8. The zero-order chi connectivity index (χ0) is 17.5. The third kappa shape index (κ3) is 2.83. The number of benzene rings is 1. The van der Waals surface area contributed by atoms with Crippen LogP contribution < -0.4 is 5.56 Å². The summed E-state index contributed by atoms with van der Waals surface area (Å²) >= 11 is 1.49. The highest BCUT2D eigenvalue weighted by Crippen LogP contribution is 2.30. The molecule has 0 spiro atoms. The zero-order valence-corrected chi connectivity index (χ0v) is 15.0. The van der Waals surface area contributed by atoms with Crippen molar-refractivity contribution >= 4 is 27.4 Å². The average Bonchev–Trinajstić information content (AvgIpc) is 3.29. The molecule has 26 heavy (non-hydrogen) atoms. The number of aromatic nitrogens is 3. The predicted molar refractivity (Wildman–Crippen MR) is 101 cm³/mol. The lowest BCUT2D eigenvalue weighted by molar-refractivity contribution is 0.192. The Morgan fingerprint density at radius 3 is 2.88 bits per heavy atom. The van der Waals surface area contributed by atoms with Gasteiger partial charge in [-0.2, -0.15) is 0 Å². The maximum absolute atomic E-state index is 12.1. The number of hydrogen-bond donors (Lipinski definition) is 0. The van der Waals surface area contributed by atoms with E-state index in [2.05, 4.69) is 14.9 Å². The zero-order valence-electron chi connectivity index (χ0n) is 14.2. The first kappa shape index (κ1) is 15.7. The second-order valence-electron chi connectivity index (χ2n) is 6.71. The quantitative estimate of drug-likeness (QED) is 0.557. The Bertz CT molecular complexity index is 1090. The molecule has 0 atom stereocenters. The largest absolute Gasteiger partial charge is 0.440 e. The van der Waals surface area contributed by atoms with Gasteiger partial charge in [0.15, 0.2) is 16.4 Å². The van der Waals surface area contributed by atoms with E-state index >= 15 is 0 Å². The summed E-state index contributed by atoms with van der Waals surface area (Å²) < 4.78 is 7.52. The molecular formula is C19H18N4O2S. The number of hydrogen-bond acceptors (Lipinski definition) is 6. The van der Waals surface area contributed by atoms with Crippen LogP contribution >= 0.6 is 11.3 Å². The Labute approximate surface area is 153 Å². The predicted octanol–water partition coefficient (Wildman–Crippen LogP) is 3.28. The molecule has 1 aliphatic heterocycles. The van der Waals surface area contributed by atoms with Gasteiger partial charge >= 0.3 is 0 Å². The molecule has 6 nitrogen and oxygen atoms in total. The highest BCUT2D eigenvalue weighted by Gasteiger charge is 2.25. The molecule has 1 saturated heterocycles. The van der Waals surface area contributed by atoms with Crippen LogP contribution in [0.4, 0.5) is 0 Å². The van der Waals surface area contributed by atoms with Crippen molar-refractivity contribution in [1.29, 1.82) is 0 Å². The summed E-state index contributed by atoms with van der Waals surface area (Å²) in [6.07, 6.45) is 3.78. The van der Waals surface area contributed by atoms with E-state index in [1.165, 1.54) is 11.3 Å². The van der Waals surface area contributed by atoms with Crippen LogP contribution in [0.3, 0.4) is 0 Å².